The summed E-state index contributed by atoms with van der Waals surface area (Å²) in [7, 11) is -3.68. The summed E-state index contributed by atoms with van der Waals surface area (Å²) in [5, 5.41) is 6.45. The molecule has 0 aliphatic carbocycles. The molecule has 5 nitrogen and oxygen atoms in total. The minimum atomic E-state index is -3.68. The topological polar surface area (TPSA) is 88.2 Å². The molecular formula is C19H22N2O3S2. The van der Waals surface area contributed by atoms with Crippen molar-refractivity contribution in [3.63, 3.8) is 0 Å². The summed E-state index contributed by atoms with van der Waals surface area (Å²) in [4.78, 5) is 0.246. The first-order valence-electron chi connectivity index (χ1n) is 8.29. The van der Waals surface area contributed by atoms with Crippen LogP contribution in [-0.2, 0) is 27.8 Å². The quantitative estimate of drug-likeness (QED) is 0.655. The van der Waals surface area contributed by atoms with Gasteiger partial charge in [-0.1, -0.05) is 36.4 Å². The zero-order chi connectivity index (χ0) is 18.9. The van der Waals surface area contributed by atoms with E-state index < -0.39 is 26.1 Å². The Balaban J connectivity index is 2.06. The summed E-state index contributed by atoms with van der Waals surface area (Å²) >= 11 is -1.45. The zero-order valence-electron chi connectivity index (χ0n) is 14.8. The maximum Gasteiger partial charge on any atom is 0.268 e. The van der Waals surface area contributed by atoms with Crippen LogP contribution < -0.4 is 5.14 Å². The Kier molecular flexibility index (Phi) is 5.16. The molecule has 1 atom stereocenters. The van der Waals surface area contributed by atoms with E-state index in [1.54, 1.807) is 42.6 Å². The highest BCUT2D eigenvalue weighted by molar-refractivity contribution is 7.90. The van der Waals surface area contributed by atoms with Gasteiger partial charge in [-0.3, -0.25) is 0 Å². The van der Waals surface area contributed by atoms with Crippen LogP contribution in [0.4, 0.5) is 0 Å². The fraction of sp³-hybridized carbons (Fsp3) is 0.263. The predicted octanol–water partition coefficient (Wildman–Crippen LogP) is 3.21. The Morgan fingerprint density at radius 1 is 1.08 bits per heavy atom. The van der Waals surface area contributed by atoms with Crippen molar-refractivity contribution >= 4 is 32.3 Å². The number of nitrogens with zero attached hydrogens (tertiary/aromatic N) is 1. The number of fused-ring (bicyclic) bond motifs is 1. The van der Waals surface area contributed by atoms with Gasteiger partial charge in [0, 0.05) is 29.4 Å². The van der Waals surface area contributed by atoms with Crippen molar-refractivity contribution in [2.24, 2.45) is 5.14 Å². The summed E-state index contributed by atoms with van der Waals surface area (Å²) in [5.41, 5.74) is 1.54. The third-order valence-corrected chi connectivity index (χ3v) is 7.58. The van der Waals surface area contributed by atoms with Crippen molar-refractivity contribution in [1.29, 1.82) is 0 Å². The van der Waals surface area contributed by atoms with Crippen LogP contribution in [0.15, 0.2) is 65.7 Å². The van der Waals surface area contributed by atoms with E-state index in [1.807, 2.05) is 32.0 Å². The minimum absolute atomic E-state index is 0.246. The Bertz CT molecular complexity index is 1010. The van der Waals surface area contributed by atoms with Crippen molar-refractivity contribution in [2.45, 2.75) is 36.3 Å². The van der Waals surface area contributed by atoms with E-state index in [-0.39, 0.29) is 4.90 Å². The summed E-state index contributed by atoms with van der Waals surface area (Å²) < 4.78 is 38.6. The van der Waals surface area contributed by atoms with E-state index in [9.17, 15) is 13.0 Å². The molecule has 0 bridgehead atoms. The highest BCUT2D eigenvalue weighted by atomic mass is 32.2. The number of hydrogen-bond acceptors (Lipinski definition) is 4. The van der Waals surface area contributed by atoms with Crippen molar-refractivity contribution in [3.8, 4) is 0 Å². The molecule has 1 unspecified atom stereocenters. The Hall–Kier alpha value is -1.80. The molecular weight excluding hydrogens is 368 g/mol. The summed E-state index contributed by atoms with van der Waals surface area (Å²) in [5.74, 6) is 0. The molecule has 0 amide bonds. The van der Waals surface area contributed by atoms with Gasteiger partial charge in [0.25, 0.3) is 10.0 Å². The largest absolute Gasteiger partial charge is 0.598 e. The van der Waals surface area contributed by atoms with Crippen molar-refractivity contribution < 1.29 is 13.0 Å². The van der Waals surface area contributed by atoms with Crippen LogP contribution in [0.2, 0.25) is 0 Å². The number of aromatic nitrogens is 1. The van der Waals surface area contributed by atoms with Crippen LogP contribution in [0.3, 0.4) is 0 Å². The van der Waals surface area contributed by atoms with E-state index in [4.69, 9.17) is 5.14 Å². The van der Waals surface area contributed by atoms with Gasteiger partial charge in [-0.25, -0.2) is 12.4 Å². The van der Waals surface area contributed by atoms with Gasteiger partial charge in [0.15, 0.2) is 0 Å². The minimum Gasteiger partial charge on any atom is -0.598 e. The van der Waals surface area contributed by atoms with Crippen LogP contribution in [-0.4, -0.2) is 21.7 Å². The van der Waals surface area contributed by atoms with Crippen molar-refractivity contribution in [2.75, 3.05) is 0 Å². The molecule has 3 rings (SSSR count). The Morgan fingerprint density at radius 3 is 2.35 bits per heavy atom. The van der Waals surface area contributed by atoms with Gasteiger partial charge in [-0.15, -0.1) is 0 Å². The molecule has 3 aromatic rings. The van der Waals surface area contributed by atoms with Crippen LogP contribution in [0.1, 0.15) is 25.8 Å². The second-order valence-corrected chi connectivity index (χ2v) is 10.4. The van der Waals surface area contributed by atoms with E-state index in [2.05, 4.69) is 0 Å². The smallest absolute Gasteiger partial charge is 0.268 e. The molecule has 7 heteroatoms. The van der Waals surface area contributed by atoms with Gasteiger partial charge in [-0.05, 0) is 44.0 Å². The molecule has 0 spiro atoms. The van der Waals surface area contributed by atoms with Gasteiger partial charge >= 0.3 is 0 Å². The maximum absolute atomic E-state index is 13.1. The standard InChI is InChI=1S/C19H22N2O3S2/c1-19(2,25(20)22)13-12-15-14-21(18-11-7-6-10-17(15)18)26(23,24)16-8-4-3-5-9-16/h3-11,14H,12-13,20H2,1-2H3. The molecule has 138 valence electrons. The van der Waals surface area contributed by atoms with Crippen LogP contribution in [0.25, 0.3) is 10.9 Å². The molecule has 0 saturated carbocycles. The van der Waals surface area contributed by atoms with Gasteiger partial charge in [-0.2, -0.15) is 5.14 Å². The number of nitrogens with two attached hydrogens (primary N) is 1. The molecule has 26 heavy (non-hydrogen) atoms. The van der Waals surface area contributed by atoms with Gasteiger partial charge in [0.05, 0.1) is 10.4 Å². The molecule has 2 N–H and O–H groups in total. The third-order valence-electron chi connectivity index (χ3n) is 4.60. The number of aryl methyl sites for hydroxylation is 1. The first kappa shape index (κ1) is 19.0. The van der Waals surface area contributed by atoms with Crippen molar-refractivity contribution in [3.05, 3.63) is 66.4 Å². The molecule has 0 fully saturated rings. The SMILES string of the molecule is CC(C)(CCc1cn(S(=O)(=O)c2ccccc2)c2ccccc12)[S+](N)[O-]. The second kappa shape index (κ2) is 7.08. The van der Waals surface area contributed by atoms with Crippen LogP contribution >= 0.6 is 0 Å². The highest BCUT2D eigenvalue weighted by Gasteiger charge is 2.30. The molecule has 2 aromatic carbocycles. The van der Waals surface area contributed by atoms with Gasteiger partial charge in [0.1, 0.15) is 4.75 Å². The van der Waals surface area contributed by atoms with Gasteiger partial charge < -0.3 is 4.55 Å². The summed E-state index contributed by atoms with van der Waals surface area (Å²) in [6.07, 6.45) is 2.85. The molecule has 0 radical (unpaired) electrons. The van der Waals surface area contributed by atoms with E-state index in [0.717, 1.165) is 10.9 Å². The fourth-order valence-electron chi connectivity index (χ4n) is 2.86. The average Bonchev–Trinajstić information content (AvgIpc) is 3.00. The molecule has 1 aromatic heterocycles. The lowest BCUT2D eigenvalue weighted by Gasteiger charge is -2.23. The van der Waals surface area contributed by atoms with E-state index in [0.29, 0.717) is 18.4 Å². The molecule has 1 heterocycles. The number of hydrogen-bond donors (Lipinski definition) is 1. The Morgan fingerprint density at radius 2 is 1.69 bits per heavy atom. The third kappa shape index (κ3) is 3.53. The van der Waals surface area contributed by atoms with Gasteiger partial charge in [0.2, 0.25) is 0 Å². The lowest BCUT2D eigenvalue weighted by atomic mass is 10.0. The van der Waals surface area contributed by atoms with E-state index >= 15 is 0 Å². The lowest BCUT2D eigenvalue weighted by molar-refractivity contribution is 0.528. The molecule has 0 aliphatic rings. The molecule has 0 saturated heterocycles. The lowest BCUT2D eigenvalue weighted by Crippen LogP contribution is -2.38. The predicted molar refractivity (Wildman–Crippen MR) is 106 cm³/mol. The number of benzene rings is 2. The monoisotopic (exact) mass is 390 g/mol. The molecule has 0 aliphatic heterocycles. The summed E-state index contributed by atoms with van der Waals surface area (Å²) in [6.45, 7) is 3.70. The van der Waals surface area contributed by atoms with Crippen LogP contribution in [0, 0.1) is 0 Å². The second-order valence-electron chi connectivity index (χ2n) is 6.84. The average molecular weight is 391 g/mol. The normalized spacial score (nSPS) is 13.8. The number of rotatable bonds is 6. The first-order chi connectivity index (χ1) is 12.2. The van der Waals surface area contributed by atoms with Crippen LogP contribution in [0.5, 0.6) is 0 Å². The zero-order valence-corrected chi connectivity index (χ0v) is 16.4. The first-order valence-corrected chi connectivity index (χ1v) is 10.9. The number of para-hydroxylation sites is 1. The Labute approximate surface area is 157 Å². The van der Waals surface area contributed by atoms with Crippen molar-refractivity contribution in [1.82, 2.24) is 3.97 Å². The summed E-state index contributed by atoms with van der Waals surface area (Å²) in [6, 6.07) is 15.8. The fourth-order valence-corrected chi connectivity index (χ4v) is 4.57. The maximum atomic E-state index is 13.1. The van der Waals surface area contributed by atoms with E-state index in [1.165, 1.54) is 3.97 Å². The highest BCUT2D eigenvalue weighted by Crippen LogP contribution is 2.29.